The number of hydrogen-bond donors (Lipinski definition) is 1. The van der Waals surface area contributed by atoms with E-state index in [0.717, 1.165) is 48.9 Å². The van der Waals surface area contributed by atoms with Gasteiger partial charge in [-0.3, -0.25) is 0 Å². The van der Waals surface area contributed by atoms with E-state index >= 15 is 0 Å². The Balaban J connectivity index is 1.87. The smallest absolute Gasteiger partial charge is 0.161 e. The number of hydrogen-bond acceptors (Lipinski definition) is 4. The first-order valence-corrected chi connectivity index (χ1v) is 11.5. The summed E-state index contributed by atoms with van der Waals surface area (Å²) in [5.41, 5.74) is 1.27. The SMILES string of the molecule is CCOc1ccc(CNCC[C@@H](CCC(C)C)[C@H]2CCOC(C)(C)C2)cc1OC. The van der Waals surface area contributed by atoms with Crippen LogP contribution in [0, 0.1) is 17.8 Å². The fourth-order valence-electron chi connectivity index (χ4n) is 4.46. The van der Waals surface area contributed by atoms with Crippen LogP contribution in [0.15, 0.2) is 18.2 Å². The summed E-state index contributed by atoms with van der Waals surface area (Å²) in [6.45, 7) is 14.6. The van der Waals surface area contributed by atoms with Gasteiger partial charge in [0.1, 0.15) is 0 Å². The molecule has 2 rings (SSSR count). The van der Waals surface area contributed by atoms with Crippen molar-refractivity contribution in [2.75, 3.05) is 26.9 Å². The predicted octanol–water partition coefficient (Wildman–Crippen LogP) is 5.83. The molecule has 0 aromatic heterocycles. The van der Waals surface area contributed by atoms with Gasteiger partial charge in [0.05, 0.1) is 19.3 Å². The van der Waals surface area contributed by atoms with Gasteiger partial charge in [-0.05, 0) is 88.4 Å². The summed E-state index contributed by atoms with van der Waals surface area (Å²) in [6.07, 6.45) is 6.28. The first-order valence-electron chi connectivity index (χ1n) is 11.5. The Morgan fingerprint density at radius 3 is 2.62 bits per heavy atom. The molecule has 0 bridgehead atoms. The van der Waals surface area contributed by atoms with E-state index in [1.54, 1.807) is 7.11 Å². The minimum absolute atomic E-state index is 0.0330. The Hall–Kier alpha value is -1.26. The number of ether oxygens (including phenoxy) is 3. The van der Waals surface area contributed by atoms with E-state index in [9.17, 15) is 0 Å². The van der Waals surface area contributed by atoms with E-state index in [1.165, 1.54) is 37.7 Å². The predicted molar refractivity (Wildman–Crippen MR) is 121 cm³/mol. The van der Waals surface area contributed by atoms with Crippen molar-refractivity contribution in [1.29, 1.82) is 0 Å². The van der Waals surface area contributed by atoms with Crippen LogP contribution in [0.5, 0.6) is 11.5 Å². The van der Waals surface area contributed by atoms with Gasteiger partial charge >= 0.3 is 0 Å². The zero-order valence-electron chi connectivity index (χ0n) is 19.6. The maximum Gasteiger partial charge on any atom is 0.161 e. The van der Waals surface area contributed by atoms with Crippen molar-refractivity contribution in [3.63, 3.8) is 0 Å². The molecule has 1 heterocycles. The maximum absolute atomic E-state index is 5.97. The van der Waals surface area contributed by atoms with Gasteiger partial charge in [0.15, 0.2) is 11.5 Å². The highest BCUT2D eigenvalue weighted by molar-refractivity contribution is 5.42. The molecule has 29 heavy (non-hydrogen) atoms. The zero-order valence-corrected chi connectivity index (χ0v) is 19.6. The number of rotatable bonds is 12. The minimum atomic E-state index is 0.0330. The Bertz CT molecular complexity index is 600. The highest BCUT2D eigenvalue weighted by atomic mass is 16.5. The summed E-state index contributed by atoms with van der Waals surface area (Å²) in [5.74, 6) is 3.96. The molecule has 0 aliphatic carbocycles. The van der Waals surface area contributed by atoms with Crippen molar-refractivity contribution in [3.05, 3.63) is 23.8 Å². The highest BCUT2D eigenvalue weighted by Crippen LogP contribution is 2.37. The highest BCUT2D eigenvalue weighted by Gasteiger charge is 2.33. The van der Waals surface area contributed by atoms with Gasteiger partial charge in [-0.1, -0.05) is 26.3 Å². The second-order valence-electron chi connectivity index (χ2n) is 9.48. The fourth-order valence-corrected chi connectivity index (χ4v) is 4.46. The molecule has 1 aliphatic heterocycles. The molecule has 4 nitrogen and oxygen atoms in total. The Morgan fingerprint density at radius 2 is 1.97 bits per heavy atom. The van der Waals surface area contributed by atoms with Crippen LogP contribution in [-0.2, 0) is 11.3 Å². The average Bonchev–Trinajstić information content (AvgIpc) is 2.67. The molecule has 1 N–H and O–H groups in total. The Labute approximate surface area is 178 Å². The second-order valence-corrected chi connectivity index (χ2v) is 9.48. The van der Waals surface area contributed by atoms with Gasteiger partial charge in [0.2, 0.25) is 0 Å². The van der Waals surface area contributed by atoms with E-state index in [-0.39, 0.29) is 5.60 Å². The summed E-state index contributed by atoms with van der Waals surface area (Å²) in [6, 6.07) is 6.21. The van der Waals surface area contributed by atoms with Crippen LogP contribution in [0.1, 0.15) is 72.3 Å². The lowest BCUT2D eigenvalue weighted by molar-refractivity contribution is -0.0839. The fraction of sp³-hybridized carbons (Fsp3) is 0.760. The molecule has 1 saturated heterocycles. The Kier molecular flexibility index (Phi) is 9.78. The molecule has 1 aromatic carbocycles. The molecule has 1 aromatic rings. The lowest BCUT2D eigenvalue weighted by Crippen LogP contribution is -2.37. The third-order valence-electron chi connectivity index (χ3n) is 6.07. The van der Waals surface area contributed by atoms with Crippen LogP contribution in [0.25, 0.3) is 0 Å². The first-order chi connectivity index (χ1) is 13.8. The van der Waals surface area contributed by atoms with Gasteiger partial charge in [-0.2, -0.15) is 0 Å². The molecular weight excluding hydrogens is 362 g/mol. The second kappa shape index (κ2) is 11.8. The molecule has 1 fully saturated rings. The summed E-state index contributed by atoms with van der Waals surface area (Å²) in [5, 5.41) is 3.65. The monoisotopic (exact) mass is 405 g/mol. The van der Waals surface area contributed by atoms with E-state index < -0.39 is 0 Å². The van der Waals surface area contributed by atoms with Crippen LogP contribution >= 0.6 is 0 Å². The van der Waals surface area contributed by atoms with Crippen molar-refractivity contribution in [3.8, 4) is 11.5 Å². The van der Waals surface area contributed by atoms with Crippen LogP contribution in [0.4, 0.5) is 0 Å². The first kappa shape index (κ1) is 24.0. The molecule has 0 unspecified atom stereocenters. The van der Waals surface area contributed by atoms with Gasteiger partial charge in [-0.25, -0.2) is 0 Å². The average molecular weight is 406 g/mol. The van der Waals surface area contributed by atoms with Crippen molar-refractivity contribution in [2.24, 2.45) is 17.8 Å². The summed E-state index contributed by atoms with van der Waals surface area (Å²) < 4.78 is 17.1. The molecule has 1 aliphatic rings. The lowest BCUT2D eigenvalue weighted by atomic mass is 9.75. The maximum atomic E-state index is 5.97. The van der Waals surface area contributed by atoms with Crippen molar-refractivity contribution in [2.45, 2.75) is 78.9 Å². The van der Waals surface area contributed by atoms with E-state index in [1.807, 2.05) is 13.0 Å². The van der Waals surface area contributed by atoms with E-state index in [2.05, 4.69) is 45.1 Å². The van der Waals surface area contributed by atoms with Crippen LogP contribution < -0.4 is 14.8 Å². The molecule has 4 heteroatoms. The summed E-state index contributed by atoms with van der Waals surface area (Å²) in [7, 11) is 1.70. The number of benzene rings is 1. The molecule has 0 saturated carbocycles. The number of nitrogens with one attached hydrogen (secondary N) is 1. The van der Waals surface area contributed by atoms with Gasteiger partial charge in [-0.15, -0.1) is 0 Å². The van der Waals surface area contributed by atoms with Crippen LogP contribution in [0.2, 0.25) is 0 Å². The third kappa shape index (κ3) is 8.18. The van der Waals surface area contributed by atoms with Crippen LogP contribution in [0.3, 0.4) is 0 Å². The molecule has 2 atom stereocenters. The van der Waals surface area contributed by atoms with Crippen molar-refractivity contribution in [1.82, 2.24) is 5.32 Å². The minimum Gasteiger partial charge on any atom is -0.493 e. The normalized spacial score (nSPS) is 19.9. The van der Waals surface area contributed by atoms with Gasteiger partial charge in [0, 0.05) is 13.2 Å². The molecule has 0 radical (unpaired) electrons. The van der Waals surface area contributed by atoms with Gasteiger partial charge < -0.3 is 19.5 Å². The zero-order chi connectivity index (χ0) is 21.3. The van der Waals surface area contributed by atoms with Crippen molar-refractivity contribution < 1.29 is 14.2 Å². The lowest BCUT2D eigenvalue weighted by Gasteiger charge is -2.39. The topological polar surface area (TPSA) is 39.7 Å². The van der Waals surface area contributed by atoms with Gasteiger partial charge in [0.25, 0.3) is 0 Å². The third-order valence-corrected chi connectivity index (χ3v) is 6.07. The number of methoxy groups -OCH3 is 1. The summed E-state index contributed by atoms with van der Waals surface area (Å²) >= 11 is 0. The standard InChI is InChI=1S/C25H43NO3/c1-7-28-23-11-9-20(16-24(23)27-6)18-26-14-12-21(10-8-19(2)3)22-13-15-29-25(4,5)17-22/h9,11,16,19,21-22,26H,7-8,10,12-15,17-18H2,1-6H3/t21-,22+/m1/s1. The summed E-state index contributed by atoms with van der Waals surface area (Å²) in [4.78, 5) is 0. The largest absolute Gasteiger partial charge is 0.493 e. The molecule has 0 spiro atoms. The molecule has 0 amide bonds. The van der Waals surface area contributed by atoms with Crippen LogP contribution in [-0.4, -0.2) is 32.5 Å². The quantitative estimate of drug-likeness (QED) is 0.444. The van der Waals surface area contributed by atoms with Crippen molar-refractivity contribution >= 4 is 0 Å². The van der Waals surface area contributed by atoms with E-state index in [0.29, 0.717) is 6.61 Å². The van der Waals surface area contributed by atoms with E-state index in [4.69, 9.17) is 14.2 Å². The molecule has 166 valence electrons. The Morgan fingerprint density at radius 1 is 1.17 bits per heavy atom. The molecular formula is C25H43NO3.